The summed E-state index contributed by atoms with van der Waals surface area (Å²) >= 11 is 0. The molecule has 1 aliphatic rings. The number of amides is 3. The van der Waals surface area contributed by atoms with Crippen molar-refractivity contribution in [2.75, 3.05) is 43.9 Å². The van der Waals surface area contributed by atoms with Crippen molar-refractivity contribution in [1.29, 1.82) is 0 Å². The lowest BCUT2D eigenvalue weighted by Crippen LogP contribution is -2.42. The van der Waals surface area contributed by atoms with Crippen LogP contribution < -0.4 is 20.9 Å². The first kappa shape index (κ1) is 25.9. The molecule has 1 fully saturated rings. The minimum absolute atomic E-state index is 0.0172. The molecule has 1 saturated heterocycles. The van der Waals surface area contributed by atoms with Crippen molar-refractivity contribution in [3.05, 3.63) is 83.4 Å². The Morgan fingerprint density at radius 2 is 1.97 bits per heavy atom. The third-order valence-electron chi connectivity index (χ3n) is 6.14. The van der Waals surface area contributed by atoms with Gasteiger partial charge in [-0.15, -0.1) is 0 Å². The van der Waals surface area contributed by atoms with Crippen LogP contribution in [0.15, 0.2) is 60.9 Å². The SMILES string of the molecule is CN(C)C(=O)N[C@@H]1CCN(c2ccc(C(=O)NCc3cccnc3)c(NCCc3cccc(F)c3)n2)C1. The average Bonchev–Trinajstić information content (AvgIpc) is 3.36. The number of benzene rings is 1. The average molecular weight is 506 g/mol. The third kappa shape index (κ3) is 7.16. The second-order valence-electron chi connectivity index (χ2n) is 9.19. The lowest BCUT2D eigenvalue weighted by Gasteiger charge is -2.21. The van der Waals surface area contributed by atoms with Gasteiger partial charge in [0.2, 0.25) is 0 Å². The highest BCUT2D eigenvalue weighted by atomic mass is 19.1. The maximum absolute atomic E-state index is 13.6. The van der Waals surface area contributed by atoms with E-state index in [1.807, 2.05) is 24.3 Å². The number of urea groups is 1. The van der Waals surface area contributed by atoms with Crippen LogP contribution in [0.4, 0.5) is 20.8 Å². The zero-order valence-corrected chi connectivity index (χ0v) is 21.1. The number of pyridine rings is 2. The van der Waals surface area contributed by atoms with E-state index in [2.05, 4.69) is 25.8 Å². The summed E-state index contributed by atoms with van der Waals surface area (Å²) in [5.41, 5.74) is 2.16. The van der Waals surface area contributed by atoms with Gasteiger partial charge in [0.25, 0.3) is 5.91 Å². The molecule has 2 aromatic heterocycles. The quantitative estimate of drug-likeness (QED) is 0.413. The Bertz CT molecular complexity index is 1220. The van der Waals surface area contributed by atoms with E-state index in [9.17, 15) is 14.0 Å². The normalized spacial score (nSPS) is 14.8. The number of halogens is 1. The van der Waals surface area contributed by atoms with Gasteiger partial charge < -0.3 is 25.8 Å². The van der Waals surface area contributed by atoms with E-state index >= 15 is 0 Å². The Kier molecular flexibility index (Phi) is 8.50. The van der Waals surface area contributed by atoms with E-state index in [0.29, 0.717) is 37.4 Å². The summed E-state index contributed by atoms with van der Waals surface area (Å²) in [6.07, 6.45) is 4.77. The summed E-state index contributed by atoms with van der Waals surface area (Å²) < 4.78 is 13.6. The third-order valence-corrected chi connectivity index (χ3v) is 6.14. The molecule has 194 valence electrons. The van der Waals surface area contributed by atoms with Crippen LogP contribution in [0.3, 0.4) is 0 Å². The molecule has 3 aromatic rings. The van der Waals surface area contributed by atoms with E-state index in [1.54, 1.807) is 38.6 Å². The topological polar surface area (TPSA) is 102 Å². The summed E-state index contributed by atoms with van der Waals surface area (Å²) in [5.74, 6) is 0.642. The molecule has 0 aliphatic carbocycles. The molecule has 1 atom stereocenters. The van der Waals surface area contributed by atoms with Crippen molar-refractivity contribution in [3.8, 4) is 0 Å². The summed E-state index contributed by atoms with van der Waals surface area (Å²) in [4.78, 5) is 37.6. The summed E-state index contributed by atoms with van der Waals surface area (Å²) in [7, 11) is 3.42. The first-order valence-electron chi connectivity index (χ1n) is 12.3. The minimum Gasteiger partial charge on any atom is -0.369 e. The van der Waals surface area contributed by atoms with Crippen molar-refractivity contribution in [2.24, 2.45) is 0 Å². The van der Waals surface area contributed by atoms with Crippen LogP contribution in [0.25, 0.3) is 0 Å². The van der Waals surface area contributed by atoms with Gasteiger partial charge in [0.1, 0.15) is 17.5 Å². The number of carbonyl (C=O) groups excluding carboxylic acids is 2. The molecule has 3 N–H and O–H groups in total. The summed E-state index contributed by atoms with van der Waals surface area (Å²) in [6, 6.07) is 13.7. The van der Waals surface area contributed by atoms with E-state index in [-0.39, 0.29) is 23.8 Å². The van der Waals surface area contributed by atoms with Crippen LogP contribution in [0, 0.1) is 5.82 Å². The molecule has 37 heavy (non-hydrogen) atoms. The molecule has 0 bridgehead atoms. The predicted molar refractivity (Wildman–Crippen MR) is 141 cm³/mol. The van der Waals surface area contributed by atoms with Crippen LogP contribution in [0.5, 0.6) is 0 Å². The van der Waals surface area contributed by atoms with Crippen LogP contribution in [0.2, 0.25) is 0 Å². The zero-order chi connectivity index (χ0) is 26.2. The Morgan fingerprint density at radius 1 is 1.14 bits per heavy atom. The minimum atomic E-state index is -0.280. The van der Waals surface area contributed by atoms with Crippen LogP contribution in [-0.4, -0.2) is 66.6 Å². The van der Waals surface area contributed by atoms with Gasteiger partial charge in [-0.2, -0.15) is 0 Å². The van der Waals surface area contributed by atoms with Crippen LogP contribution in [-0.2, 0) is 13.0 Å². The van der Waals surface area contributed by atoms with Gasteiger partial charge in [0.15, 0.2) is 0 Å². The fourth-order valence-electron chi connectivity index (χ4n) is 4.13. The molecule has 1 aromatic carbocycles. The maximum atomic E-state index is 13.6. The molecule has 0 spiro atoms. The molecule has 0 radical (unpaired) electrons. The number of nitrogens with one attached hydrogen (secondary N) is 3. The molecule has 0 unspecified atom stereocenters. The molecule has 3 amide bonds. The second kappa shape index (κ2) is 12.2. The molecule has 3 heterocycles. The predicted octanol–water partition coefficient (Wildman–Crippen LogP) is 3.05. The van der Waals surface area contributed by atoms with E-state index in [1.165, 1.54) is 17.0 Å². The fourth-order valence-corrected chi connectivity index (χ4v) is 4.13. The van der Waals surface area contributed by atoms with E-state index < -0.39 is 0 Å². The Morgan fingerprint density at radius 3 is 2.73 bits per heavy atom. The second-order valence-corrected chi connectivity index (χ2v) is 9.19. The van der Waals surface area contributed by atoms with Crippen molar-refractivity contribution in [3.63, 3.8) is 0 Å². The standard InChI is InChI=1S/C27H32FN7O2/c1-34(2)27(37)32-22-11-14-35(18-22)24-9-8-23(26(36)31-17-20-6-4-12-29-16-20)25(33-24)30-13-10-19-5-3-7-21(28)15-19/h3-9,12,15-16,22H,10-11,13-14,17-18H2,1-2H3,(H,30,33)(H,31,36)(H,32,37)/t22-/m1/s1. The van der Waals surface area contributed by atoms with Gasteiger partial charge in [0.05, 0.1) is 5.56 Å². The zero-order valence-electron chi connectivity index (χ0n) is 21.1. The number of nitrogens with zero attached hydrogens (tertiary/aromatic N) is 4. The highest BCUT2D eigenvalue weighted by Gasteiger charge is 2.26. The molecular formula is C27H32FN7O2. The van der Waals surface area contributed by atoms with Gasteiger partial charge in [-0.3, -0.25) is 9.78 Å². The lowest BCUT2D eigenvalue weighted by molar-refractivity contribution is 0.0951. The maximum Gasteiger partial charge on any atom is 0.317 e. The molecule has 1 aliphatic heterocycles. The molecule has 9 nitrogen and oxygen atoms in total. The number of hydrogen-bond acceptors (Lipinski definition) is 6. The Labute approximate surface area is 216 Å². The van der Waals surface area contributed by atoms with Crippen LogP contribution in [0.1, 0.15) is 27.9 Å². The fraction of sp³-hybridized carbons (Fsp3) is 0.333. The Hall–Kier alpha value is -4.21. The van der Waals surface area contributed by atoms with Crippen molar-refractivity contribution in [2.45, 2.75) is 25.4 Å². The molecule has 10 heteroatoms. The molecular weight excluding hydrogens is 473 g/mol. The number of anilines is 2. The number of hydrogen-bond donors (Lipinski definition) is 3. The number of carbonyl (C=O) groups is 2. The highest BCUT2D eigenvalue weighted by molar-refractivity contribution is 5.99. The molecule has 4 rings (SSSR count). The monoisotopic (exact) mass is 505 g/mol. The van der Waals surface area contributed by atoms with Crippen molar-refractivity contribution < 1.29 is 14.0 Å². The first-order chi connectivity index (χ1) is 17.9. The summed E-state index contributed by atoms with van der Waals surface area (Å²) in [5, 5.41) is 9.21. The van der Waals surface area contributed by atoms with Gasteiger partial charge in [-0.05, 0) is 54.3 Å². The smallest absolute Gasteiger partial charge is 0.317 e. The summed E-state index contributed by atoms with van der Waals surface area (Å²) in [6.45, 7) is 2.18. The molecule has 0 saturated carbocycles. The number of rotatable bonds is 9. The van der Waals surface area contributed by atoms with Crippen molar-refractivity contribution in [1.82, 2.24) is 25.5 Å². The van der Waals surface area contributed by atoms with Crippen molar-refractivity contribution >= 4 is 23.6 Å². The lowest BCUT2D eigenvalue weighted by atomic mass is 10.1. The van der Waals surface area contributed by atoms with Gasteiger partial charge in [-0.1, -0.05) is 18.2 Å². The van der Waals surface area contributed by atoms with Gasteiger partial charge in [0, 0.05) is 58.7 Å². The van der Waals surface area contributed by atoms with E-state index in [0.717, 1.165) is 29.9 Å². The largest absolute Gasteiger partial charge is 0.369 e. The highest BCUT2D eigenvalue weighted by Crippen LogP contribution is 2.23. The Balaban J connectivity index is 1.47. The number of aromatic nitrogens is 2. The first-order valence-corrected chi connectivity index (χ1v) is 12.3. The van der Waals surface area contributed by atoms with Crippen LogP contribution >= 0.6 is 0 Å². The van der Waals surface area contributed by atoms with E-state index in [4.69, 9.17) is 4.98 Å². The van der Waals surface area contributed by atoms with Gasteiger partial charge in [-0.25, -0.2) is 14.2 Å². The van der Waals surface area contributed by atoms with Gasteiger partial charge >= 0.3 is 6.03 Å².